The summed E-state index contributed by atoms with van der Waals surface area (Å²) in [5, 5.41) is 23.6. The number of anilines is 1. The number of pyridine rings is 1. The quantitative estimate of drug-likeness (QED) is 0.730. The molecule has 4 rings (SSSR count). The van der Waals surface area contributed by atoms with Crippen LogP contribution in [0.1, 0.15) is 38.2 Å². The number of nitriles is 1. The van der Waals surface area contributed by atoms with Crippen LogP contribution in [-0.4, -0.2) is 55.4 Å². The molecule has 2 aromatic heterocycles. The van der Waals surface area contributed by atoms with Crippen LogP contribution in [-0.2, 0) is 5.54 Å². The highest BCUT2D eigenvalue weighted by Gasteiger charge is 2.55. The molecule has 2 aliphatic rings. The molecule has 9 heteroatoms. The number of hydrogen-bond donors (Lipinski definition) is 2. The smallest absolute Gasteiger partial charge is 0.270 e. The molecule has 148 valence electrons. The summed E-state index contributed by atoms with van der Waals surface area (Å²) in [6.45, 7) is 3.95. The molecule has 0 aromatic carbocycles. The van der Waals surface area contributed by atoms with Crippen molar-refractivity contribution in [2.45, 2.75) is 50.3 Å². The van der Waals surface area contributed by atoms with Crippen molar-refractivity contribution in [2.75, 3.05) is 24.7 Å². The second-order valence-electron chi connectivity index (χ2n) is 7.49. The lowest BCUT2D eigenvalue weighted by atomic mass is 10.1. The SMILES string of the molecule is CCC1(n2c(=O)c(C#N)cc3cnc(NC4CCN(SC)CC4)nc32)CC1O. The van der Waals surface area contributed by atoms with E-state index in [2.05, 4.69) is 25.8 Å². The van der Waals surface area contributed by atoms with E-state index in [-0.39, 0.29) is 11.6 Å². The monoisotopic (exact) mass is 400 g/mol. The Morgan fingerprint density at radius 3 is 2.75 bits per heavy atom. The second-order valence-corrected chi connectivity index (χ2v) is 8.37. The molecular formula is C19H24N6O2S. The average molecular weight is 401 g/mol. The van der Waals surface area contributed by atoms with Crippen molar-refractivity contribution in [1.82, 2.24) is 18.8 Å². The number of fused-ring (bicyclic) bond motifs is 1. The van der Waals surface area contributed by atoms with Crippen LogP contribution in [0.5, 0.6) is 0 Å². The van der Waals surface area contributed by atoms with Gasteiger partial charge in [0.15, 0.2) is 0 Å². The van der Waals surface area contributed by atoms with Crippen molar-refractivity contribution in [3.8, 4) is 6.07 Å². The number of aliphatic hydroxyl groups is 1. The van der Waals surface area contributed by atoms with E-state index in [0.717, 1.165) is 25.9 Å². The normalized spacial score (nSPS) is 25.6. The van der Waals surface area contributed by atoms with Crippen LogP contribution >= 0.6 is 11.9 Å². The minimum atomic E-state index is -0.683. The van der Waals surface area contributed by atoms with Gasteiger partial charge in [0.2, 0.25) is 5.95 Å². The standard InChI is InChI=1S/C19H24N6O2S/c1-3-19(9-15(19)26)25-16-13(8-12(10-20)17(25)27)11-21-18(23-16)22-14-4-6-24(28-2)7-5-14/h8,11,14-15,26H,3-7,9H2,1-2H3,(H,21,22,23). The van der Waals surface area contributed by atoms with E-state index in [0.29, 0.717) is 29.8 Å². The average Bonchev–Trinajstić information content (AvgIpc) is 3.38. The summed E-state index contributed by atoms with van der Waals surface area (Å²) in [4.78, 5) is 22.0. The van der Waals surface area contributed by atoms with Crippen LogP contribution in [0.3, 0.4) is 0 Å². The van der Waals surface area contributed by atoms with Crippen LogP contribution < -0.4 is 10.9 Å². The molecule has 1 saturated heterocycles. The molecule has 28 heavy (non-hydrogen) atoms. The van der Waals surface area contributed by atoms with E-state index >= 15 is 0 Å². The summed E-state index contributed by atoms with van der Waals surface area (Å²) in [7, 11) is 0. The number of nitrogens with one attached hydrogen (secondary N) is 1. The van der Waals surface area contributed by atoms with E-state index in [1.54, 1.807) is 18.1 Å². The number of aromatic nitrogens is 3. The highest BCUT2D eigenvalue weighted by Crippen LogP contribution is 2.47. The molecule has 0 radical (unpaired) electrons. The van der Waals surface area contributed by atoms with Gasteiger partial charge in [0.05, 0.1) is 11.6 Å². The molecule has 2 aromatic rings. The molecule has 1 aliphatic carbocycles. The van der Waals surface area contributed by atoms with Crippen LogP contribution in [0, 0.1) is 11.3 Å². The molecule has 1 aliphatic heterocycles. The van der Waals surface area contributed by atoms with Crippen molar-refractivity contribution < 1.29 is 5.11 Å². The second kappa shape index (κ2) is 7.35. The molecule has 2 unspecified atom stereocenters. The predicted octanol–water partition coefficient (Wildman–Crippen LogP) is 1.69. The van der Waals surface area contributed by atoms with E-state index in [1.807, 2.05) is 13.0 Å². The Hall–Kier alpha value is -2.15. The first-order valence-corrected chi connectivity index (χ1v) is 10.8. The van der Waals surface area contributed by atoms with Gasteiger partial charge in [0, 0.05) is 37.1 Å². The third-order valence-electron chi connectivity index (χ3n) is 5.97. The summed E-state index contributed by atoms with van der Waals surface area (Å²) in [6, 6.07) is 3.78. The fourth-order valence-electron chi connectivity index (χ4n) is 4.08. The Labute approximate surface area is 167 Å². The van der Waals surface area contributed by atoms with Gasteiger partial charge in [-0.15, -0.1) is 0 Å². The maximum absolute atomic E-state index is 12.9. The van der Waals surface area contributed by atoms with Gasteiger partial charge in [-0.1, -0.05) is 18.9 Å². The first-order chi connectivity index (χ1) is 13.5. The minimum Gasteiger partial charge on any atom is -0.391 e. The lowest BCUT2D eigenvalue weighted by Gasteiger charge is -2.30. The van der Waals surface area contributed by atoms with Crippen molar-refractivity contribution in [2.24, 2.45) is 0 Å². The lowest BCUT2D eigenvalue weighted by Crippen LogP contribution is -2.36. The van der Waals surface area contributed by atoms with Gasteiger partial charge in [0.1, 0.15) is 17.3 Å². The molecule has 2 atom stereocenters. The van der Waals surface area contributed by atoms with Crippen LogP contribution in [0.2, 0.25) is 0 Å². The topological polar surface area (TPSA) is 107 Å². The van der Waals surface area contributed by atoms with Gasteiger partial charge in [-0.25, -0.2) is 4.98 Å². The van der Waals surface area contributed by atoms with E-state index in [9.17, 15) is 15.2 Å². The van der Waals surface area contributed by atoms with Gasteiger partial charge < -0.3 is 10.4 Å². The summed E-state index contributed by atoms with van der Waals surface area (Å²) in [6.07, 6.45) is 6.22. The summed E-state index contributed by atoms with van der Waals surface area (Å²) >= 11 is 1.76. The fourth-order valence-corrected chi connectivity index (χ4v) is 4.66. The summed E-state index contributed by atoms with van der Waals surface area (Å²) in [5.41, 5.74) is -0.557. The Bertz CT molecular complexity index is 990. The molecule has 3 heterocycles. The van der Waals surface area contributed by atoms with E-state index in [1.165, 1.54) is 10.6 Å². The number of nitrogens with zero attached hydrogens (tertiary/aromatic N) is 5. The molecule has 8 nitrogen and oxygen atoms in total. The summed E-state index contributed by atoms with van der Waals surface area (Å²) < 4.78 is 3.86. The minimum absolute atomic E-state index is 0.0492. The van der Waals surface area contributed by atoms with E-state index in [4.69, 9.17) is 0 Å². The van der Waals surface area contributed by atoms with Gasteiger partial charge >= 0.3 is 0 Å². The van der Waals surface area contributed by atoms with Crippen molar-refractivity contribution >= 4 is 28.9 Å². The third-order valence-corrected chi connectivity index (χ3v) is 6.85. The molecule has 0 bridgehead atoms. The van der Waals surface area contributed by atoms with E-state index < -0.39 is 17.2 Å². The van der Waals surface area contributed by atoms with Crippen LogP contribution in [0.4, 0.5) is 5.95 Å². The lowest BCUT2D eigenvalue weighted by molar-refractivity contribution is 0.216. The maximum atomic E-state index is 12.9. The number of rotatable bonds is 5. The highest BCUT2D eigenvalue weighted by atomic mass is 32.2. The fraction of sp³-hybridized carbons (Fsp3) is 0.579. The predicted molar refractivity (Wildman–Crippen MR) is 109 cm³/mol. The Morgan fingerprint density at radius 2 is 2.18 bits per heavy atom. The highest BCUT2D eigenvalue weighted by molar-refractivity contribution is 7.96. The van der Waals surface area contributed by atoms with Gasteiger partial charge in [0.25, 0.3) is 5.56 Å². The zero-order valence-corrected chi connectivity index (χ0v) is 16.9. The van der Waals surface area contributed by atoms with Crippen LogP contribution in [0.25, 0.3) is 11.0 Å². The van der Waals surface area contributed by atoms with Crippen molar-refractivity contribution in [3.63, 3.8) is 0 Å². The molecule has 1 saturated carbocycles. The maximum Gasteiger partial charge on any atom is 0.270 e. The number of piperidine rings is 1. The largest absolute Gasteiger partial charge is 0.391 e. The Morgan fingerprint density at radius 1 is 1.46 bits per heavy atom. The van der Waals surface area contributed by atoms with Crippen molar-refractivity contribution in [1.29, 1.82) is 5.26 Å². The molecule has 0 amide bonds. The Kier molecular flexibility index (Phi) is 5.04. The zero-order valence-electron chi connectivity index (χ0n) is 16.1. The van der Waals surface area contributed by atoms with Gasteiger partial charge in [-0.3, -0.25) is 13.7 Å². The first-order valence-electron chi connectivity index (χ1n) is 9.59. The van der Waals surface area contributed by atoms with Crippen molar-refractivity contribution in [3.05, 3.63) is 28.2 Å². The molecule has 2 N–H and O–H groups in total. The number of aliphatic hydroxyl groups excluding tert-OH is 1. The van der Waals surface area contributed by atoms with Gasteiger partial charge in [-0.2, -0.15) is 10.2 Å². The van der Waals surface area contributed by atoms with Crippen LogP contribution in [0.15, 0.2) is 17.1 Å². The molecular weight excluding hydrogens is 376 g/mol. The zero-order chi connectivity index (χ0) is 19.9. The van der Waals surface area contributed by atoms with Gasteiger partial charge in [-0.05, 0) is 31.6 Å². The first kappa shape index (κ1) is 19.2. The Balaban J connectivity index is 1.73. The number of hydrogen-bond acceptors (Lipinski definition) is 8. The molecule has 0 spiro atoms. The molecule has 2 fully saturated rings. The summed E-state index contributed by atoms with van der Waals surface area (Å²) in [5.74, 6) is 0.481. The third kappa shape index (κ3) is 3.15.